The van der Waals surface area contributed by atoms with Crippen molar-refractivity contribution in [1.29, 1.82) is 0 Å². The number of hydrazone groups is 1. The van der Waals surface area contributed by atoms with Gasteiger partial charge in [-0.25, -0.2) is 8.42 Å². The van der Waals surface area contributed by atoms with Gasteiger partial charge in [0.05, 0.1) is 29.5 Å². The van der Waals surface area contributed by atoms with E-state index in [-0.39, 0.29) is 4.90 Å². The van der Waals surface area contributed by atoms with Gasteiger partial charge in [0.1, 0.15) is 5.75 Å². The van der Waals surface area contributed by atoms with Crippen LogP contribution in [0.15, 0.2) is 88.9 Å². The topological polar surface area (TPSA) is 105 Å². The average molecular weight is 500 g/mol. The summed E-state index contributed by atoms with van der Waals surface area (Å²) >= 11 is 0. The minimum Gasteiger partial charge on any atom is -0.494 e. The van der Waals surface area contributed by atoms with E-state index in [1.54, 1.807) is 48.5 Å². The Kier molecular flexibility index (Phi) is 6.63. The molecule has 1 heterocycles. The second-order valence-corrected chi connectivity index (χ2v) is 11.3. The van der Waals surface area contributed by atoms with Crippen molar-refractivity contribution in [3.8, 4) is 5.75 Å². The van der Waals surface area contributed by atoms with Crippen molar-refractivity contribution in [3.63, 3.8) is 0 Å². The van der Waals surface area contributed by atoms with Crippen LogP contribution in [0.4, 0.5) is 5.69 Å². The number of ether oxygens (including phenoxy) is 1. The van der Waals surface area contributed by atoms with E-state index < -0.39 is 26.1 Å². The summed E-state index contributed by atoms with van der Waals surface area (Å²) in [4.78, 5) is 0.131. The first-order valence-corrected chi connectivity index (χ1v) is 14.0. The van der Waals surface area contributed by atoms with Crippen molar-refractivity contribution in [1.82, 2.24) is 4.41 Å². The van der Waals surface area contributed by atoms with Gasteiger partial charge in [-0.1, -0.05) is 48.5 Å². The van der Waals surface area contributed by atoms with Crippen LogP contribution in [0.25, 0.3) is 0 Å². The molecule has 0 amide bonds. The van der Waals surface area contributed by atoms with E-state index in [1.807, 2.05) is 25.1 Å². The molecule has 1 aliphatic rings. The van der Waals surface area contributed by atoms with Gasteiger partial charge in [0, 0.05) is 17.7 Å². The molecule has 4 rings (SSSR count). The summed E-state index contributed by atoms with van der Waals surface area (Å²) < 4.78 is 59.9. The highest BCUT2D eigenvalue weighted by Gasteiger charge is 2.39. The van der Waals surface area contributed by atoms with Gasteiger partial charge < -0.3 is 4.74 Å². The minimum absolute atomic E-state index is 0.131. The van der Waals surface area contributed by atoms with E-state index in [9.17, 15) is 16.8 Å². The minimum atomic E-state index is -3.97. The highest BCUT2D eigenvalue weighted by Crippen LogP contribution is 2.40. The zero-order valence-electron chi connectivity index (χ0n) is 18.7. The van der Waals surface area contributed by atoms with Crippen molar-refractivity contribution in [2.75, 3.05) is 17.6 Å². The lowest BCUT2D eigenvalue weighted by molar-refractivity contribution is 0.316. The molecule has 0 saturated heterocycles. The molecule has 0 spiro atoms. The Morgan fingerprint density at radius 2 is 1.68 bits per heavy atom. The molecule has 3 aromatic carbocycles. The second-order valence-electron chi connectivity index (χ2n) is 7.78. The predicted molar refractivity (Wildman–Crippen MR) is 132 cm³/mol. The maximum atomic E-state index is 13.6. The highest BCUT2D eigenvalue weighted by atomic mass is 32.2. The van der Waals surface area contributed by atoms with Gasteiger partial charge in [-0.15, -0.1) is 0 Å². The lowest BCUT2D eigenvalue weighted by Gasteiger charge is -2.25. The van der Waals surface area contributed by atoms with Gasteiger partial charge in [0.25, 0.3) is 10.0 Å². The van der Waals surface area contributed by atoms with Crippen molar-refractivity contribution >= 4 is 31.4 Å². The molecule has 8 nitrogen and oxygen atoms in total. The van der Waals surface area contributed by atoms with Crippen molar-refractivity contribution in [3.05, 3.63) is 90.0 Å². The number of anilines is 1. The Hall–Kier alpha value is -3.37. The Bertz CT molecular complexity index is 1420. The van der Waals surface area contributed by atoms with E-state index in [0.717, 1.165) is 10.7 Å². The maximum absolute atomic E-state index is 13.6. The third-order valence-electron chi connectivity index (χ3n) is 5.24. The molecule has 1 aliphatic heterocycles. The van der Waals surface area contributed by atoms with Crippen LogP contribution in [0.1, 0.15) is 30.5 Å². The predicted octanol–water partition coefficient (Wildman–Crippen LogP) is 4.00. The van der Waals surface area contributed by atoms with E-state index >= 15 is 0 Å². The summed E-state index contributed by atoms with van der Waals surface area (Å²) in [5.41, 5.74) is 2.22. The first kappa shape index (κ1) is 23.8. The van der Waals surface area contributed by atoms with Gasteiger partial charge in [-0.05, 0) is 42.8 Å². The summed E-state index contributed by atoms with van der Waals surface area (Å²) in [5, 5.41) is 4.53. The fraction of sp³-hybridized carbons (Fsp3) is 0.208. The molecular weight excluding hydrogens is 474 g/mol. The van der Waals surface area contributed by atoms with E-state index in [0.29, 0.717) is 41.3 Å². The van der Waals surface area contributed by atoms with Gasteiger partial charge in [-0.3, -0.25) is 4.72 Å². The molecule has 1 N–H and O–H groups in total. The number of hydrogen-bond donors (Lipinski definition) is 1. The number of nitrogens with one attached hydrogen (secondary N) is 1. The molecule has 1 unspecified atom stereocenters. The molecule has 0 radical (unpaired) electrons. The van der Waals surface area contributed by atoms with Crippen LogP contribution in [0.2, 0.25) is 0 Å². The first-order chi connectivity index (χ1) is 16.2. The molecule has 0 saturated carbocycles. The van der Waals surface area contributed by atoms with Crippen molar-refractivity contribution in [2.45, 2.75) is 24.3 Å². The Morgan fingerprint density at radius 1 is 0.971 bits per heavy atom. The highest BCUT2D eigenvalue weighted by molar-refractivity contribution is 7.92. The van der Waals surface area contributed by atoms with Crippen molar-refractivity contribution < 1.29 is 21.6 Å². The SMILES string of the molecule is CCOc1ccccc1C1CC(c2cccc(NS(C)(=O)=O)c2)=NN1S(=O)(=O)c1ccccc1. The normalized spacial score (nSPS) is 16.2. The van der Waals surface area contributed by atoms with Crippen LogP contribution < -0.4 is 9.46 Å². The summed E-state index contributed by atoms with van der Waals surface area (Å²) in [6.07, 6.45) is 1.36. The Labute approximate surface area is 200 Å². The lowest BCUT2D eigenvalue weighted by atomic mass is 9.98. The smallest absolute Gasteiger partial charge is 0.279 e. The molecule has 3 aromatic rings. The number of hydrogen-bond acceptors (Lipinski definition) is 6. The lowest BCUT2D eigenvalue weighted by Crippen LogP contribution is -2.27. The van der Waals surface area contributed by atoms with Crippen LogP contribution in [0.3, 0.4) is 0 Å². The van der Waals surface area contributed by atoms with Gasteiger partial charge in [0.15, 0.2) is 0 Å². The summed E-state index contributed by atoms with van der Waals surface area (Å²) in [6.45, 7) is 2.30. The third-order valence-corrected chi connectivity index (χ3v) is 7.54. The molecule has 0 aromatic heterocycles. The number of rotatable bonds is 8. The monoisotopic (exact) mass is 499 g/mol. The van der Waals surface area contributed by atoms with Crippen LogP contribution in [-0.2, 0) is 20.0 Å². The largest absolute Gasteiger partial charge is 0.494 e. The molecular formula is C24H25N3O5S2. The van der Waals surface area contributed by atoms with E-state index in [2.05, 4.69) is 9.82 Å². The number of sulfonamides is 2. The van der Waals surface area contributed by atoms with Crippen LogP contribution in [-0.4, -0.2) is 39.8 Å². The van der Waals surface area contributed by atoms with Crippen LogP contribution in [0, 0.1) is 0 Å². The van der Waals surface area contributed by atoms with E-state index in [1.165, 1.54) is 12.1 Å². The molecule has 1 atom stereocenters. The van der Waals surface area contributed by atoms with Crippen LogP contribution in [0.5, 0.6) is 5.75 Å². The molecule has 0 bridgehead atoms. The summed E-state index contributed by atoms with van der Waals surface area (Å²) in [6, 6.07) is 21.6. The standard InChI is InChI=1S/C24H25N3O5S2/c1-3-32-24-15-8-7-14-21(24)23-17-22(18-10-9-11-19(16-18)26-33(2,28)29)25-27(23)34(30,31)20-12-5-4-6-13-20/h4-16,23,26H,3,17H2,1-2H3. The fourth-order valence-corrected chi connectivity index (χ4v) is 5.84. The van der Waals surface area contributed by atoms with Gasteiger partial charge in [-0.2, -0.15) is 17.9 Å². The van der Waals surface area contributed by atoms with Gasteiger partial charge >= 0.3 is 0 Å². The molecule has 178 valence electrons. The molecule has 0 aliphatic carbocycles. The Morgan fingerprint density at radius 3 is 2.38 bits per heavy atom. The molecule has 34 heavy (non-hydrogen) atoms. The maximum Gasteiger partial charge on any atom is 0.279 e. The Balaban J connectivity index is 1.81. The average Bonchev–Trinajstić information content (AvgIpc) is 3.26. The van der Waals surface area contributed by atoms with Gasteiger partial charge in [0.2, 0.25) is 10.0 Å². The van der Waals surface area contributed by atoms with Crippen molar-refractivity contribution in [2.24, 2.45) is 5.10 Å². The second kappa shape index (κ2) is 9.47. The van der Waals surface area contributed by atoms with Crippen LogP contribution >= 0.6 is 0 Å². The number of benzene rings is 3. The quantitative estimate of drug-likeness (QED) is 0.504. The first-order valence-electron chi connectivity index (χ1n) is 10.7. The zero-order valence-corrected chi connectivity index (χ0v) is 20.4. The number of nitrogens with zero attached hydrogens (tertiary/aromatic N) is 2. The summed E-state index contributed by atoms with van der Waals surface area (Å²) in [5.74, 6) is 0.590. The molecule has 10 heteroatoms. The van der Waals surface area contributed by atoms with E-state index in [4.69, 9.17) is 4.74 Å². The zero-order chi connectivity index (χ0) is 24.3. The number of para-hydroxylation sites is 1. The third kappa shape index (κ3) is 5.07. The summed E-state index contributed by atoms with van der Waals surface area (Å²) in [7, 11) is -7.43. The molecule has 0 fully saturated rings. The fourth-order valence-electron chi connectivity index (χ4n) is 3.84.